The van der Waals surface area contributed by atoms with Gasteiger partial charge in [-0.2, -0.15) is 0 Å². The summed E-state index contributed by atoms with van der Waals surface area (Å²) in [7, 11) is 0. The van der Waals surface area contributed by atoms with Crippen LogP contribution in [0, 0.1) is 0 Å². The first-order chi connectivity index (χ1) is 12.5. The molecule has 1 heterocycles. The van der Waals surface area contributed by atoms with Crippen LogP contribution in [-0.4, -0.2) is 21.2 Å². The van der Waals surface area contributed by atoms with Gasteiger partial charge in [0.1, 0.15) is 5.56 Å². The van der Waals surface area contributed by atoms with E-state index in [1.807, 2.05) is 37.3 Å². The minimum Gasteiger partial charge on any atom is -0.505 e. The summed E-state index contributed by atoms with van der Waals surface area (Å²) in [5, 5.41) is 21.7. The molecule has 1 aliphatic carbocycles. The van der Waals surface area contributed by atoms with Gasteiger partial charge in [-0.1, -0.05) is 48.9 Å². The standard InChI is InChI=1S/C21H18ClNO3/c1-2-12-4-3-5-15-16(20(25)26)18(24)19(23-17(12)15)21(10-11-21)13-6-8-14(22)9-7-13/h3-9,24H,2,10-11H2,1H3,(H,25,26). The van der Waals surface area contributed by atoms with Crippen molar-refractivity contribution in [3.05, 3.63) is 69.9 Å². The Hall–Kier alpha value is -2.59. The molecule has 0 aliphatic heterocycles. The molecule has 3 aromatic rings. The molecule has 1 saturated carbocycles. The SMILES string of the molecule is CCc1cccc2c(C(=O)O)c(O)c(C3(c4ccc(Cl)cc4)CC3)nc12. The van der Waals surface area contributed by atoms with Crippen LogP contribution in [0.5, 0.6) is 5.75 Å². The number of carbonyl (C=O) groups is 1. The van der Waals surface area contributed by atoms with Gasteiger partial charge in [0.05, 0.1) is 11.2 Å². The molecule has 4 nitrogen and oxygen atoms in total. The first kappa shape index (κ1) is 16.9. The zero-order valence-electron chi connectivity index (χ0n) is 14.3. The van der Waals surface area contributed by atoms with Gasteiger partial charge in [-0.05, 0) is 42.5 Å². The quantitative estimate of drug-likeness (QED) is 0.685. The smallest absolute Gasteiger partial charge is 0.340 e. The molecule has 0 bridgehead atoms. The second kappa shape index (κ2) is 5.99. The molecule has 1 aliphatic rings. The van der Waals surface area contributed by atoms with Gasteiger partial charge in [-0.25, -0.2) is 9.78 Å². The van der Waals surface area contributed by atoms with E-state index in [0.29, 0.717) is 21.6 Å². The number of hydrogen-bond donors (Lipinski definition) is 2. The Bertz CT molecular complexity index is 1020. The van der Waals surface area contributed by atoms with E-state index >= 15 is 0 Å². The first-order valence-corrected chi connectivity index (χ1v) is 9.00. The number of carboxylic acid groups (broad SMARTS) is 1. The molecule has 0 saturated heterocycles. The largest absolute Gasteiger partial charge is 0.505 e. The van der Waals surface area contributed by atoms with Crippen LogP contribution in [0.25, 0.3) is 10.9 Å². The van der Waals surface area contributed by atoms with Crippen molar-refractivity contribution < 1.29 is 15.0 Å². The number of aromatic hydroxyl groups is 1. The number of aromatic carboxylic acids is 1. The lowest BCUT2D eigenvalue weighted by Gasteiger charge is -2.20. The number of aromatic nitrogens is 1. The van der Waals surface area contributed by atoms with Gasteiger partial charge in [0.15, 0.2) is 5.75 Å². The van der Waals surface area contributed by atoms with Crippen LogP contribution in [0.3, 0.4) is 0 Å². The van der Waals surface area contributed by atoms with E-state index in [-0.39, 0.29) is 11.3 Å². The molecule has 4 rings (SSSR count). The van der Waals surface area contributed by atoms with Crippen LogP contribution in [0.1, 0.15) is 46.9 Å². The lowest BCUT2D eigenvalue weighted by molar-refractivity contribution is 0.0695. The van der Waals surface area contributed by atoms with Crippen molar-refractivity contribution in [2.24, 2.45) is 0 Å². The molecule has 2 aromatic carbocycles. The number of aryl methyl sites for hydroxylation is 1. The van der Waals surface area contributed by atoms with Gasteiger partial charge in [0.25, 0.3) is 0 Å². The summed E-state index contributed by atoms with van der Waals surface area (Å²) in [6.45, 7) is 2.01. The molecule has 1 fully saturated rings. The van der Waals surface area contributed by atoms with Crippen molar-refractivity contribution in [1.82, 2.24) is 4.98 Å². The molecule has 132 valence electrons. The Morgan fingerprint density at radius 3 is 2.46 bits per heavy atom. The van der Waals surface area contributed by atoms with E-state index in [1.54, 1.807) is 12.1 Å². The third-order valence-electron chi connectivity index (χ3n) is 5.27. The topological polar surface area (TPSA) is 70.4 Å². The van der Waals surface area contributed by atoms with Crippen molar-refractivity contribution in [3.8, 4) is 5.75 Å². The maximum Gasteiger partial charge on any atom is 0.340 e. The van der Waals surface area contributed by atoms with Crippen LogP contribution in [0.2, 0.25) is 5.02 Å². The highest BCUT2D eigenvalue weighted by molar-refractivity contribution is 6.30. The number of halogens is 1. The number of carboxylic acids is 1. The number of nitrogens with zero attached hydrogens (tertiary/aromatic N) is 1. The fraction of sp³-hybridized carbons (Fsp3) is 0.238. The van der Waals surface area contributed by atoms with Crippen molar-refractivity contribution in [2.45, 2.75) is 31.6 Å². The molecule has 0 amide bonds. The lowest BCUT2D eigenvalue weighted by atomic mass is 9.89. The third-order valence-corrected chi connectivity index (χ3v) is 5.52. The molecule has 0 spiro atoms. The van der Waals surface area contributed by atoms with Gasteiger partial charge in [-0.3, -0.25) is 0 Å². The highest BCUT2D eigenvalue weighted by atomic mass is 35.5. The molecule has 0 atom stereocenters. The van der Waals surface area contributed by atoms with E-state index in [9.17, 15) is 15.0 Å². The number of para-hydroxylation sites is 1. The third kappa shape index (κ3) is 2.44. The lowest BCUT2D eigenvalue weighted by Crippen LogP contribution is -2.14. The van der Waals surface area contributed by atoms with Crippen LogP contribution in [0.15, 0.2) is 42.5 Å². The maximum absolute atomic E-state index is 11.9. The second-order valence-electron chi connectivity index (χ2n) is 6.75. The van der Waals surface area contributed by atoms with Gasteiger partial charge < -0.3 is 10.2 Å². The number of rotatable bonds is 4. The molecule has 26 heavy (non-hydrogen) atoms. The fourth-order valence-corrected chi connectivity index (χ4v) is 3.85. The molecule has 0 unspecified atom stereocenters. The van der Waals surface area contributed by atoms with E-state index < -0.39 is 11.4 Å². The summed E-state index contributed by atoms with van der Waals surface area (Å²) in [4.78, 5) is 16.7. The Kier molecular flexibility index (Phi) is 3.88. The fourth-order valence-electron chi connectivity index (χ4n) is 3.73. The number of fused-ring (bicyclic) bond motifs is 1. The van der Waals surface area contributed by atoms with Crippen LogP contribution < -0.4 is 0 Å². The molecular weight excluding hydrogens is 350 g/mol. The predicted octanol–water partition coefficient (Wildman–Crippen LogP) is 4.93. The first-order valence-electron chi connectivity index (χ1n) is 8.62. The minimum atomic E-state index is -1.14. The van der Waals surface area contributed by atoms with Crippen molar-refractivity contribution in [3.63, 3.8) is 0 Å². The van der Waals surface area contributed by atoms with Crippen molar-refractivity contribution >= 4 is 28.5 Å². The molecule has 1 aromatic heterocycles. The van der Waals surface area contributed by atoms with Crippen LogP contribution in [-0.2, 0) is 11.8 Å². The zero-order chi connectivity index (χ0) is 18.5. The van der Waals surface area contributed by atoms with Gasteiger partial charge >= 0.3 is 5.97 Å². The second-order valence-corrected chi connectivity index (χ2v) is 7.18. The summed E-state index contributed by atoms with van der Waals surface area (Å²) in [6.07, 6.45) is 2.36. The number of pyridine rings is 1. The molecule has 2 N–H and O–H groups in total. The predicted molar refractivity (Wildman–Crippen MR) is 101 cm³/mol. The average Bonchev–Trinajstić information content (AvgIpc) is 3.42. The molecule has 0 radical (unpaired) electrons. The van der Waals surface area contributed by atoms with Gasteiger partial charge in [0.2, 0.25) is 0 Å². The Labute approximate surface area is 156 Å². The Morgan fingerprint density at radius 2 is 1.88 bits per heavy atom. The summed E-state index contributed by atoms with van der Waals surface area (Å²) >= 11 is 6.00. The monoisotopic (exact) mass is 367 g/mol. The number of benzene rings is 2. The summed E-state index contributed by atoms with van der Waals surface area (Å²) in [5.41, 5.74) is 2.55. The van der Waals surface area contributed by atoms with Gasteiger partial charge in [-0.15, -0.1) is 0 Å². The van der Waals surface area contributed by atoms with Crippen LogP contribution in [0.4, 0.5) is 0 Å². The van der Waals surface area contributed by atoms with Crippen molar-refractivity contribution in [2.75, 3.05) is 0 Å². The van der Waals surface area contributed by atoms with Crippen molar-refractivity contribution in [1.29, 1.82) is 0 Å². The van der Waals surface area contributed by atoms with E-state index in [4.69, 9.17) is 16.6 Å². The Balaban J connectivity index is 2.03. The zero-order valence-corrected chi connectivity index (χ0v) is 15.0. The highest BCUT2D eigenvalue weighted by Crippen LogP contribution is 2.56. The van der Waals surface area contributed by atoms with E-state index in [2.05, 4.69) is 0 Å². The highest BCUT2D eigenvalue weighted by Gasteiger charge is 2.50. The summed E-state index contributed by atoms with van der Waals surface area (Å²) < 4.78 is 0. The van der Waals surface area contributed by atoms with E-state index in [1.165, 1.54) is 0 Å². The maximum atomic E-state index is 11.9. The normalized spacial score (nSPS) is 15.2. The Morgan fingerprint density at radius 1 is 1.19 bits per heavy atom. The number of hydrogen-bond acceptors (Lipinski definition) is 3. The van der Waals surface area contributed by atoms with Crippen LogP contribution >= 0.6 is 11.6 Å². The van der Waals surface area contributed by atoms with E-state index in [0.717, 1.165) is 30.4 Å². The average molecular weight is 368 g/mol. The minimum absolute atomic E-state index is 0.0689. The molecule has 5 heteroatoms. The van der Waals surface area contributed by atoms with Gasteiger partial charge in [0, 0.05) is 15.8 Å². The molecular formula is C21H18ClNO3. The summed E-state index contributed by atoms with van der Waals surface area (Å²) in [6, 6.07) is 12.9. The summed E-state index contributed by atoms with van der Waals surface area (Å²) in [5.74, 6) is -1.37.